The number of ether oxygens (including phenoxy) is 1. The number of hydrogen-bond donors (Lipinski definition) is 3. The van der Waals surface area contributed by atoms with E-state index in [9.17, 15) is 23.2 Å². The molecule has 8 nitrogen and oxygen atoms in total. The highest BCUT2D eigenvalue weighted by Gasteiger charge is 2.33. The quantitative estimate of drug-likeness (QED) is 0.149. The second-order valence-electron chi connectivity index (χ2n) is 9.39. The van der Waals surface area contributed by atoms with Crippen molar-refractivity contribution in [2.24, 2.45) is 5.16 Å². The smallest absolute Gasteiger partial charge is 0.411 e. The summed E-state index contributed by atoms with van der Waals surface area (Å²) >= 11 is 0. The number of carbonyl (C=O) groups is 1. The number of nitrogens with two attached hydrogens (primary N) is 1. The van der Waals surface area contributed by atoms with E-state index in [0.29, 0.717) is 61.1 Å². The van der Waals surface area contributed by atoms with E-state index in [0.717, 1.165) is 36.2 Å². The topological polar surface area (TPSA) is 117 Å². The molecule has 1 aliphatic carbocycles. The maximum absolute atomic E-state index is 15.2. The minimum Gasteiger partial charge on any atom is -0.411 e. The van der Waals surface area contributed by atoms with Crippen molar-refractivity contribution >= 4 is 28.3 Å². The third kappa shape index (κ3) is 4.92. The first-order valence-electron chi connectivity index (χ1n) is 12.0. The number of nitrogens with zero attached hydrogens (tertiary/aromatic N) is 3. The fourth-order valence-corrected chi connectivity index (χ4v) is 5.40. The van der Waals surface area contributed by atoms with E-state index in [1.54, 1.807) is 4.90 Å². The van der Waals surface area contributed by atoms with Gasteiger partial charge in [-0.2, -0.15) is 0 Å². The molecule has 1 saturated heterocycles. The van der Waals surface area contributed by atoms with Gasteiger partial charge in [-0.1, -0.05) is 5.16 Å². The van der Waals surface area contributed by atoms with Crippen LogP contribution in [0.3, 0.4) is 0 Å². The Morgan fingerprint density at radius 1 is 1.24 bits per heavy atom. The maximum Gasteiger partial charge on any atom is 0.573 e. The van der Waals surface area contributed by atoms with E-state index < -0.39 is 23.8 Å². The number of piperidine rings is 1. The largest absolute Gasteiger partial charge is 0.573 e. The van der Waals surface area contributed by atoms with Gasteiger partial charge in [-0.25, -0.2) is 9.37 Å². The average Bonchev–Trinajstić information content (AvgIpc) is 3.06. The molecule has 2 aromatic heterocycles. The summed E-state index contributed by atoms with van der Waals surface area (Å²) in [6.45, 7) is 0.645. The van der Waals surface area contributed by atoms with Crippen molar-refractivity contribution in [1.82, 2.24) is 14.9 Å². The Bertz CT molecular complexity index is 1380. The summed E-state index contributed by atoms with van der Waals surface area (Å²) in [5.74, 6) is -1.51. The van der Waals surface area contributed by atoms with Crippen LogP contribution in [0.5, 0.6) is 5.75 Å². The van der Waals surface area contributed by atoms with Gasteiger partial charge in [-0.15, -0.1) is 13.2 Å². The van der Waals surface area contributed by atoms with Crippen molar-refractivity contribution in [3.8, 4) is 5.75 Å². The predicted molar refractivity (Wildman–Crippen MR) is 127 cm³/mol. The van der Waals surface area contributed by atoms with Crippen LogP contribution in [0.25, 0.3) is 11.0 Å². The monoisotopic (exact) mass is 519 g/mol. The number of pyridine rings is 1. The number of oxime groups is 1. The summed E-state index contributed by atoms with van der Waals surface area (Å²) < 4.78 is 56.5. The Labute approximate surface area is 209 Å². The summed E-state index contributed by atoms with van der Waals surface area (Å²) in [6, 6.07) is 3.23. The standard InChI is InChI=1S/C25H25F4N5O3/c26-18-12-31-23-22(17-10-14(33-36)2-1-3-20(17)32-23)21(18)13-6-8-34(9-7-13)24(35)16-5-4-15(11-19(16)30)37-25(27,28)29/h4-5,11-13,36H,1-3,6-10,30H2,(H,31,32). The molecule has 0 atom stereocenters. The van der Waals surface area contributed by atoms with E-state index in [-0.39, 0.29) is 17.2 Å². The number of carbonyl (C=O) groups excluding carboxylic acids is 1. The van der Waals surface area contributed by atoms with Crippen molar-refractivity contribution in [3.05, 3.63) is 52.6 Å². The number of fused-ring (bicyclic) bond motifs is 3. The second kappa shape index (κ2) is 9.56. The molecule has 0 unspecified atom stereocenters. The van der Waals surface area contributed by atoms with Crippen LogP contribution in [0.2, 0.25) is 0 Å². The summed E-state index contributed by atoms with van der Waals surface area (Å²) in [5, 5.41) is 13.5. The lowest BCUT2D eigenvalue weighted by Crippen LogP contribution is -2.38. The minimum atomic E-state index is -4.86. The van der Waals surface area contributed by atoms with Crippen LogP contribution in [0.1, 0.15) is 58.8 Å². The van der Waals surface area contributed by atoms with Gasteiger partial charge in [0.25, 0.3) is 5.91 Å². The molecule has 2 aliphatic rings. The molecule has 12 heteroatoms. The van der Waals surface area contributed by atoms with Gasteiger partial charge >= 0.3 is 6.36 Å². The molecule has 1 aromatic carbocycles. The van der Waals surface area contributed by atoms with Gasteiger partial charge in [0.1, 0.15) is 17.2 Å². The minimum absolute atomic E-state index is 0.0808. The number of hydrogen-bond acceptors (Lipinski definition) is 6. The Balaban J connectivity index is 1.37. The Hall–Kier alpha value is -3.83. The zero-order valence-corrected chi connectivity index (χ0v) is 19.7. The number of aryl methyl sites for hydroxylation is 1. The van der Waals surface area contributed by atoms with Gasteiger partial charge in [-0.3, -0.25) is 4.79 Å². The number of nitrogens with one attached hydrogen (secondary N) is 1. The van der Waals surface area contributed by atoms with Crippen molar-refractivity contribution in [2.75, 3.05) is 18.8 Å². The summed E-state index contributed by atoms with van der Waals surface area (Å²) in [5.41, 5.74) is 9.45. The average molecular weight is 519 g/mol. The molecule has 1 fully saturated rings. The first kappa shape index (κ1) is 24.8. The van der Waals surface area contributed by atoms with E-state index in [1.807, 2.05) is 0 Å². The molecule has 3 heterocycles. The summed E-state index contributed by atoms with van der Waals surface area (Å²) in [7, 11) is 0. The molecule has 4 N–H and O–H groups in total. The molecule has 5 rings (SSSR count). The zero-order chi connectivity index (χ0) is 26.3. The number of H-pyrrole nitrogens is 1. The first-order valence-corrected chi connectivity index (χ1v) is 12.0. The van der Waals surface area contributed by atoms with E-state index in [4.69, 9.17) is 5.73 Å². The highest BCUT2D eigenvalue weighted by Crippen LogP contribution is 2.39. The lowest BCUT2D eigenvalue weighted by atomic mass is 9.86. The Morgan fingerprint density at radius 3 is 2.68 bits per heavy atom. The van der Waals surface area contributed by atoms with Crippen molar-refractivity contribution in [2.45, 2.75) is 50.8 Å². The first-order chi connectivity index (χ1) is 17.6. The second-order valence-corrected chi connectivity index (χ2v) is 9.39. The number of alkyl halides is 3. The van der Waals surface area contributed by atoms with Crippen LogP contribution in [0.15, 0.2) is 29.6 Å². The number of halogens is 4. The van der Waals surface area contributed by atoms with Crippen LogP contribution < -0.4 is 10.5 Å². The van der Waals surface area contributed by atoms with Gasteiger partial charge in [0.05, 0.1) is 17.5 Å². The third-order valence-corrected chi connectivity index (χ3v) is 7.10. The number of amides is 1. The van der Waals surface area contributed by atoms with Gasteiger partial charge in [0.15, 0.2) is 0 Å². The van der Waals surface area contributed by atoms with Crippen molar-refractivity contribution in [1.29, 1.82) is 0 Å². The maximum atomic E-state index is 15.2. The van der Waals surface area contributed by atoms with Crippen molar-refractivity contribution in [3.63, 3.8) is 0 Å². The number of nitrogen functional groups attached to an aromatic ring is 1. The number of anilines is 1. The van der Waals surface area contributed by atoms with Crippen LogP contribution in [-0.4, -0.2) is 51.1 Å². The molecule has 0 radical (unpaired) electrons. The molecule has 1 amide bonds. The zero-order valence-electron chi connectivity index (χ0n) is 19.7. The third-order valence-electron chi connectivity index (χ3n) is 7.10. The molecular weight excluding hydrogens is 494 g/mol. The molecule has 196 valence electrons. The molecule has 37 heavy (non-hydrogen) atoms. The number of aromatic amines is 1. The summed E-state index contributed by atoms with van der Waals surface area (Å²) in [4.78, 5) is 22.2. The molecule has 3 aromatic rings. The lowest BCUT2D eigenvalue weighted by molar-refractivity contribution is -0.274. The normalized spacial score (nSPS) is 18.2. The predicted octanol–water partition coefficient (Wildman–Crippen LogP) is 4.91. The van der Waals surface area contributed by atoms with Crippen LogP contribution in [-0.2, 0) is 12.8 Å². The highest BCUT2D eigenvalue weighted by molar-refractivity contribution is 5.99. The molecule has 0 spiro atoms. The number of aromatic nitrogens is 2. The Kier molecular flexibility index (Phi) is 6.42. The lowest BCUT2D eigenvalue weighted by Gasteiger charge is -2.33. The number of rotatable bonds is 3. The van der Waals surface area contributed by atoms with Crippen LogP contribution in [0, 0.1) is 5.82 Å². The van der Waals surface area contributed by atoms with Crippen LogP contribution >= 0.6 is 0 Å². The van der Waals surface area contributed by atoms with E-state index in [1.165, 1.54) is 12.3 Å². The van der Waals surface area contributed by atoms with Gasteiger partial charge in [0.2, 0.25) is 0 Å². The molecule has 1 aliphatic heterocycles. The van der Waals surface area contributed by atoms with Crippen LogP contribution in [0.4, 0.5) is 23.2 Å². The van der Waals surface area contributed by atoms with E-state index >= 15 is 4.39 Å². The SMILES string of the molecule is Nc1cc(OC(F)(F)F)ccc1C(=O)N1CCC(c2c(F)cnc3[nH]c4c(c23)CC(=NO)CCC4)CC1. The highest BCUT2D eigenvalue weighted by atomic mass is 19.4. The summed E-state index contributed by atoms with van der Waals surface area (Å²) in [6.07, 6.45) is -0.0676. The van der Waals surface area contributed by atoms with E-state index in [2.05, 4.69) is 19.9 Å². The van der Waals surface area contributed by atoms with Gasteiger partial charge in [-0.05, 0) is 55.7 Å². The number of benzene rings is 1. The molecular formula is C25H25F4N5O3. The molecule has 0 saturated carbocycles. The van der Waals surface area contributed by atoms with Crippen molar-refractivity contribution < 1.29 is 32.3 Å². The molecule has 0 bridgehead atoms. The van der Waals surface area contributed by atoms with Gasteiger partial charge in [0, 0.05) is 47.9 Å². The fraction of sp³-hybridized carbons (Fsp3) is 0.400. The fourth-order valence-electron chi connectivity index (χ4n) is 5.40. The van der Waals surface area contributed by atoms with Gasteiger partial charge < -0.3 is 25.6 Å². The Morgan fingerprint density at radius 2 is 2.00 bits per heavy atom. The number of likely N-dealkylation sites (tertiary alicyclic amines) is 1.